The number of hydrogen-bond acceptors (Lipinski definition) is 4. The highest BCUT2D eigenvalue weighted by Crippen LogP contribution is 2.38. The van der Waals surface area contributed by atoms with Gasteiger partial charge in [0, 0.05) is 38.8 Å². The molecule has 28 heavy (non-hydrogen) atoms. The molecule has 0 aliphatic carbocycles. The first-order chi connectivity index (χ1) is 13.3. The van der Waals surface area contributed by atoms with E-state index in [9.17, 15) is 18.8 Å². The smallest absolute Gasteiger partial charge is 0.230 e. The molecule has 2 aliphatic rings. The molecule has 1 fully saturated rings. The standard InChI is InChI=1S/C19H20FN5O3/c1-24-17(27)8-11(18(24)15-5-6-21-25(15)2)19(28)23-14-7-10-3-4-16(26)22-13(10)9-12(14)20/h5-7,9,11,18H,3-4,8H2,1-2H3,(H,22,26)(H,23,28). The quantitative estimate of drug-likeness (QED) is 0.839. The van der Waals surface area contributed by atoms with Crippen molar-refractivity contribution in [3.8, 4) is 0 Å². The molecule has 1 aromatic heterocycles. The number of aromatic nitrogens is 2. The highest BCUT2D eigenvalue weighted by molar-refractivity contribution is 5.99. The summed E-state index contributed by atoms with van der Waals surface area (Å²) >= 11 is 0. The summed E-state index contributed by atoms with van der Waals surface area (Å²) in [5.41, 5.74) is 1.97. The third-order valence-corrected chi connectivity index (χ3v) is 5.43. The summed E-state index contributed by atoms with van der Waals surface area (Å²) in [6.45, 7) is 0. The molecule has 0 radical (unpaired) electrons. The number of halogens is 1. The van der Waals surface area contributed by atoms with Crippen LogP contribution < -0.4 is 10.6 Å². The molecule has 3 heterocycles. The molecule has 2 N–H and O–H groups in total. The molecule has 0 saturated carbocycles. The minimum Gasteiger partial charge on any atom is -0.336 e. The Bertz CT molecular complexity index is 986. The molecule has 8 nitrogen and oxygen atoms in total. The van der Waals surface area contributed by atoms with E-state index in [2.05, 4.69) is 15.7 Å². The number of anilines is 2. The molecule has 1 saturated heterocycles. The topological polar surface area (TPSA) is 96.3 Å². The summed E-state index contributed by atoms with van der Waals surface area (Å²) in [5, 5.41) is 9.38. The van der Waals surface area contributed by atoms with E-state index in [0.29, 0.717) is 18.5 Å². The molecule has 0 spiro atoms. The number of amides is 3. The van der Waals surface area contributed by atoms with E-state index >= 15 is 0 Å². The Labute approximate surface area is 160 Å². The van der Waals surface area contributed by atoms with Crippen molar-refractivity contribution in [2.75, 3.05) is 17.7 Å². The number of benzene rings is 1. The zero-order valence-corrected chi connectivity index (χ0v) is 15.5. The van der Waals surface area contributed by atoms with Crippen LogP contribution in [0.5, 0.6) is 0 Å². The lowest BCUT2D eigenvalue weighted by molar-refractivity contribution is -0.128. The Kier molecular flexibility index (Phi) is 4.37. The fraction of sp³-hybridized carbons (Fsp3) is 0.368. The Morgan fingerprint density at radius 3 is 2.79 bits per heavy atom. The van der Waals surface area contributed by atoms with Crippen LogP contribution in [0.25, 0.3) is 0 Å². The number of hydrogen-bond donors (Lipinski definition) is 2. The summed E-state index contributed by atoms with van der Waals surface area (Å²) in [4.78, 5) is 38.2. The van der Waals surface area contributed by atoms with E-state index in [1.54, 1.807) is 37.1 Å². The SMILES string of the molecule is CN1C(=O)CC(C(=O)Nc2cc3c(cc2F)NC(=O)CC3)C1c1ccnn1C. The number of carbonyl (C=O) groups is 3. The van der Waals surface area contributed by atoms with Gasteiger partial charge in [-0.05, 0) is 30.2 Å². The van der Waals surface area contributed by atoms with Crippen molar-refractivity contribution in [3.05, 3.63) is 41.5 Å². The number of likely N-dealkylation sites (tertiary alicyclic amines) is 1. The zero-order chi connectivity index (χ0) is 20.0. The van der Waals surface area contributed by atoms with Crippen LogP contribution in [-0.2, 0) is 27.9 Å². The lowest BCUT2D eigenvalue weighted by Crippen LogP contribution is -2.31. The number of nitrogens with one attached hydrogen (secondary N) is 2. The van der Waals surface area contributed by atoms with Crippen LogP contribution >= 0.6 is 0 Å². The van der Waals surface area contributed by atoms with Gasteiger partial charge in [-0.3, -0.25) is 19.1 Å². The summed E-state index contributed by atoms with van der Waals surface area (Å²) in [5.74, 6) is -2.04. The number of aryl methyl sites for hydroxylation is 2. The fourth-order valence-electron chi connectivity index (χ4n) is 3.91. The molecular formula is C19H20FN5O3. The van der Waals surface area contributed by atoms with Crippen molar-refractivity contribution in [2.45, 2.75) is 25.3 Å². The third-order valence-electron chi connectivity index (χ3n) is 5.43. The Hall–Kier alpha value is -3.23. The van der Waals surface area contributed by atoms with Gasteiger partial charge in [0.15, 0.2) is 0 Å². The van der Waals surface area contributed by atoms with Crippen molar-refractivity contribution in [3.63, 3.8) is 0 Å². The van der Waals surface area contributed by atoms with Crippen molar-refractivity contribution in [1.82, 2.24) is 14.7 Å². The summed E-state index contributed by atoms with van der Waals surface area (Å²) in [6.07, 6.45) is 2.45. The molecule has 1 aromatic carbocycles. The largest absolute Gasteiger partial charge is 0.336 e. The normalized spacial score (nSPS) is 21.5. The highest BCUT2D eigenvalue weighted by atomic mass is 19.1. The maximum absolute atomic E-state index is 14.5. The lowest BCUT2D eigenvalue weighted by atomic mass is 9.96. The first kappa shape index (κ1) is 18.1. The molecule has 2 atom stereocenters. The van der Waals surface area contributed by atoms with Gasteiger partial charge in [-0.25, -0.2) is 4.39 Å². The van der Waals surface area contributed by atoms with E-state index in [1.165, 1.54) is 11.0 Å². The second kappa shape index (κ2) is 6.74. The predicted molar refractivity (Wildman–Crippen MR) is 98.8 cm³/mol. The average molecular weight is 385 g/mol. The van der Waals surface area contributed by atoms with E-state index in [-0.39, 0.29) is 23.9 Å². The average Bonchev–Trinajstić information content (AvgIpc) is 3.19. The van der Waals surface area contributed by atoms with Gasteiger partial charge in [-0.2, -0.15) is 5.10 Å². The Morgan fingerprint density at radius 1 is 1.29 bits per heavy atom. The number of fused-ring (bicyclic) bond motifs is 1. The molecule has 9 heteroatoms. The number of carbonyl (C=O) groups excluding carboxylic acids is 3. The Morgan fingerprint density at radius 2 is 2.07 bits per heavy atom. The summed E-state index contributed by atoms with van der Waals surface area (Å²) in [6, 6.07) is 4.05. The van der Waals surface area contributed by atoms with Gasteiger partial charge in [0.05, 0.1) is 23.3 Å². The van der Waals surface area contributed by atoms with Gasteiger partial charge >= 0.3 is 0 Å². The van der Waals surface area contributed by atoms with Crippen molar-refractivity contribution in [1.29, 1.82) is 0 Å². The number of nitrogens with zero attached hydrogens (tertiary/aromatic N) is 3. The molecular weight excluding hydrogens is 365 g/mol. The molecule has 2 unspecified atom stereocenters. The highest BCUT2D eigenvalue weighted by Gasteiger charge is 2.44. The molecule has 3 amide bonds. The molecule has 2 aliphatic heterocycles. The molecule has 2 aromatic rings. The second-order valence-corrected chi connectivity index (χ2v) is 7.17. The predicted octanol–water partition coefficient (Wildman–Crippen LogP) is 1.60. The van der Waals surface area contributed by atoms with Crippen LogP contribution in [0.1, 0.15) is 30.1 Å². The van der Waals surface area contributed by atoms with Gasteiger partial charge < -0.3 is 15.5 Å². The van der Waals surface area contributed by atoms with Gasteiger partial charge in [0.2, 0.25) is 17.7 Å². The van der Waals surface area contributed by atoms with Gasteiger partial charge in [0.25, 0.3) is 0 Å². The minimum atomic E-state index is -0.664. The fourth-order valence-corrected chi connectivity index (χ4v) is 3.91. The van der Waals surface area contributed by atoms with E-state index in [1.807, 2.05) is 0 Å². The van der Waals surface area contributed by atoms with Crippen LogP contribution in [0.3, 0.4) is 0 Å². The summed E-state index contributed by atoms with van der Waals surface area (Å²) in [7, 11) is 3.40. The molecule has 146 valence electrons. The maximum atomic E-state index is 14.5. The summed E-state index contributed by atoms with van der Waals surface area (Å²) < 4.78 is 16.1. The lowest BCUT2D eigenvalue weighted by Gasteiger charge is -2.25. The van der Waals surface area contributed by atoms with Crippen LogP contribution in [-0.4, -0.2) is 39.4 Å². The Balaban J connectivity index is 1.60. The van der Waals surface area contributed by atoms with Gasteiger partial charge in [-0.15, -0.1) is 0 Å². The van der Waals surface area contributed by atoms with E-state index in [0.717, 1.165) is 11.3 Å². The van der Waals surface area contributed by atoms with Gasteiger partial charge in [0.1, 0.15) is 5.82 Å². The van der Waals surface area contributed by atoms with E-state index in [4.69, 9.17) is 0 Å². The van der Waals surface area contributed by atoms with E-state index < -0.39 is 23.7 Å². The van der Waals surface area contributed by atoms with Crippen LogP contribution in [0, 0.1) is 11.7 Å². The minimum absolute atomic E-state index is 0.0425. The zero-order valence-electron chi connectivity index (χ0n) is 15.5. The first-order valence-electron chi connectivity index (χ1n) is 9.02. The second-order valence-electron chi connectivity index (χ2n) is 7.17. The van der Waals surface area contributed by atoms with Crippen molar-refractivity contribution in [2.24, 2.45) is 13.0 Å². The van der Waals surface area contributed by atoms with Gasteiger partial charge in [-0.1, -0.05) is 0 Å². The van der Waals surface area contributed by atoms with Crippen LogP contribution in [0.15, 0.2) is 24.4 Å². The van der Waals surface area contributed by atoms with Crippen molar-refractivity contribution >= 4 is 29.1 Å². The van der Waals surface area contributed by atoms with Crippen LogP contribution in [0.2, 0.25) is 0 Å². The first-order valence-corrected chi connectivity index (χ1v) is 9.02. The monoisotopic (exact) mass is 385 g/mol. The van der Waals surface area contributed by atoms with Crippen molar-refractivity contribution < 1.29 is 18.8 Å². The van der Waals surface area contributed by atoms with Crippen LogP contribution in [0.4, 0.5) is 15.8 Å². The molecule has 0 bridgehead atoms. The maximum Gasteiger partial charge on any atom is 0.230 e. The number of rotatable bonds is 3. The third kappa shape index (κ3) is 3.02. The molecule has 4 rings (SSSR count).